The third-order valence-corrected chi connectivity index (χ3v) is 6.44. The largest absolute Gasteiger partial charge is 0.493 e. The van der Waals surface area contributed by atoms with E-state index in [-0.39, 0.29) is 11.3 Å². The number of carbonyl (C=O) groups excluding carboxylic acids is 1. The molecule has 0 spiro atoms. The second kappa shape index (κ2) is 11.1. The van der Waals surface area contributed by atoms with E-state index < -0.39 is 53.0 Å². The van der Waals surface area contributed by atoms with E-state index in [1.54, 1.807) is 13.2 Å². The van der Waals surface area contributed by atoms with Crippen LogP contribution in [0.25, 0.3) is 0 Å². The predicted octanol–water partition coefficient (Wildman–Crippen LogP) is 4.18. The second-order valence-corrected chi connectivity index (χ2v) is 8.64. The number of nitrogens with one attached hydrogen (secondary N) is 2. The molecule has 36 heavy (non-hydrogen) atoms. The summed E-state index contributed by atoms with van der Waals surface area (Å²) in [6, 6.07) is 4.93. The first kappa shape index (κ1) is 27.8. The van der Waals surface area contributed by atoms with Gasteiger partial charge in [0.25, 0.3) is 5.91 Å². The number of halogens is 5. The lowest BCUT2D eigenvalue weighted by Gasteiger charge is -2.32. The highest BCUT2D eigenvalue weighted by molar-refractivity contribution is 5.95. The Labute approximate surface area is 205 Å². The summed E-state index contributed by atoms with van der Waals surface area (Å²) in [5.41, 5.74) is -1.98. The number of aromatic nitrogens is 1. The maximum atomic E-state index is 14.5. The van der Waals surface area contributed by atoms with Crippen molar-refractivity contribution in [1.82, 2.24) is 10.3 Å². The zero-order valence-corrected chi connectivity index (χ0v) is 20.2. The van der Waals surface area contributed by atoms with Crippen LogP contribution >= 0.6 is 0 Å². The topological polar surface area (TPSA) is 81.7 Å². The van der Waals surface area contributed by atoms with Crippen LogP contribution in [0.15, 0.2) is 30.5 Å². The molecule has 0 aliphatic carbocycles. The van der Waals surface area contributed by atoms with Gasteiger partial charge in [-0.1, -0.05) is 13.0 Å². The number of benzene rings is 1. The minimum Gasteiger partial charge on any atom is -0.493 e. The van der Waals surface area contributed by atoms with Gasteiger partial charge >= 0.3 is 6.18 Å². The molecule has 4 atom stereocenters. The van der Waals surface area contributed by atoms with Crippen LogP contribution < -0.4 is 15.4 Å². The van der Waals surface area contributed by atoms with Crippen molar-refractivity contribution in [3.05, 3.63) is 53.4 Å². The minimum atomic E-state index is -4.84. The molecular weight excluding hydrogens is 489 g/mol. The lowest BCUT2D eigenvalue weighted by Crippen LogP contribution is -2.47. The Morgan fingerprint density at radius 2 is 1.94 bits per heavy atom. The monoisotopic (exact) mass is 517 g/mol. The van der Waals surface area contributed by atoms with Crippen LogP contribution in [0.3, 0.4) is 0 Å². The number of alkyl halides is 3. The lowest BCUT2D eigenvalue weighted by molar-refractivity contribution is -0.272. The van der Waals surface area contributed by atoms with Gasteiger partial charge in [-0.15, -0.1) is 0 Å². The third-order valence-electron chi connectivity index (χ3n) is 6.44. The van der Waals surface area contributed by atoms with Crippen LogP contribution in [0.5, 0.6) is 5.75 Å². The normalized spacial score (nSPS) is 24.1. The number of amides is 1. The van der Waals surface area contributed by atoms with Gasteiger partial charge in [0.1, 0.15) is 6.10 Å². The molecule has 1 saturated heterocycles. The first-order chi connectivity index (χ1) is 16.9. The van der Waals surface area contributed by atoms with Gasteiger partial charge in [-0.05, 0) is 25.1 Å². The SMILES string of the molecule is COCCNCc1cc(NC(=O)[C@@H]2O[C@@](C)(C(F)(F)F)[C@@H](C)[C@H]2c2ccc(F)c(F)c2OC)ccn1. The Hall–Kier alpha value is -2.83. The second-order valence-electron chi connectivity index (χ2n) is 8.64. The van der Waals surface area contributed by atoms with E-state index in [0.29, 0.717) is 25.4 Å². The van der Waals surface area contributed by atoms with Crippen LogP contribution in [0, 0.1) is 17.6 Å². The highest BCUT2D eigenvalue weighted by atomic mass is 19.4. The maximum absolute atomic E-state index is 14.5. The van der Waals surface area contributed by atoms with Crippen LogP contribution in [0.1, 0.15) is 31.0 Å². The van der Waals surface area contributed by atoms with Gasteiger partial charge in [0, 0.05) is 49.5 Å². The van der Waals surface area contributed by atoms with E-state index in [9.17, 15) is 26.7 Å². The fourth-order valence-corrected chi connectivity index (χ4v) is 4.30. The van der Waals surface area contributed by atoms with E-state index in [2.05, 4.69) is 15.6 Å². The Kier molecular flexibility index (Phi) is 8.52. The molecule has 12 heteroatoms. The summed E-state index contributed by atoms with van der Waals surface area (Å²) in [5, 5.41) is 5.66. The number of hydrogen-bond acceptors (Lipinski definition) is 6. The van der Waals surface area contributed by atoms with Crippen LogP contribution in [-0.4, -0.2) is 56.1 Å². The number of pyridine rings is 1. The molecule has 1 fully saturated rings. The number of hydrogen-bond donors (Lipinski definition) is 2. The van der Waals surface area contributed by atoms with Crippen molar-refractivity contribution in [3.8, 4) is 5.75 Å². The van der Waals surface area contributed by atoms with Crippen molar-refractivity contribution in [2.45, 2.75) is 44.2 Å². The molecule has 2 aromatic rings. The van der Waals surface area contributed by atoms with Crippen molar-refractivity contribution in [2.75, 3.05) is 32.7 Å². The molecule has 1 amide bonds. The van der Waals surface area contributed by atoms with Gasteiger partial charge in [-0.2, -0.15) is 17.6 Å². The highest BCUT2D eigenvalue weighted by Crippen LogP contribution is 2.55. The molecule has 7 nitrogen and oxygen atoms in total. The summed E-state index contributed by atoms with van der Waals surface area (Å²) in [7, 11) is 2.63. The Bertz CT molecular complexity index is 1080. The zero-order valence-electron chi connectivity index (χ0n) is 20.2. The van der Waals surface area contributed by atoms with Crippen molar-refractivity contribution >= 4 is 11.6 Å². The average molecular weight is 517 g/mol. The molecule has 3 rings (SSSR count). The van der Waals surface area contributed by atoms with Gasteiger partial charge in [0.05, 0.1) is 19.4 Å². The summed E-state index contributed by atoms with van der Waals surface area (Å²) in [6.45, 7) is 3.50. The van der Waals surface area contributed by atoms with Crippen LogP contribution in [0.2, 0.25) is 0 Å². The number of methoxy groups -OCH3 is 2. The molecule has 1 aliphatic rings. The molecule has 1 aromatic heterocycles. The number of rotatable bonds is 9. The standard InChI is InChI=1S/C24H28F5N3O4/c1-13-18(16-5-6-17(25)19(26)20(16)35-4)21(36-23(13,2)24(27,28)29)22(33)32-14-7-8-31-15(11-14)12-30-9-10-34-3/h5-8,11,13,18,21,30H,9-10,12H2,1-4H3,(H,31,32,33)/t13-,18-,21+,23+/m0/s1. The van der Waals surface area contributed by atoms with Gasteiger partial charge in [-0.3, -0.25) is 9.78 Å². The van der Waals surface area contributed by atoms with Crippen molar-refractivity contribution in [3.63, 3.8) is 0 Å². The quantitative estimate of drug-likeness (QED) is 0.384. The predicted molar refractivity (Wildman–Crippen MR) is 121 cm³/mol. The van der Waals surface area contributed by atoms with Crippen molar-refractivity contribution in [1.29, 1.82) is 0 Å². The number of carbonyl (C=O) groups is 1. The van der Waals surface area contributed by atoms with Gasteiger partial charge in [-0.25, -0.2) is 4.39 Å². The molecule has 198 valence electrons. The smallest absolute Gasteiger partial charge is 0.417 e. The van der Waals surface area contributed by atoms with Gasteiger partial charge in [0.15, 0.2) is 17.2 Å². The molecule has 2 heterocycles. The zero-order chi connectivity index (χ0) is 26.7. The summed E-state index contributed by atoms with van der Waals surface area (Å²) in [5.74, 6) is -6.68. The van der Waals surface area contributed by atoms with Gasteiger partial charge < -0.3 is 24.8 Å². The molecule has 0 unspecified atom stereocenters. The number of anilines is 1. The van der Waals surface area contributed by atoms with Gasteiger partial charge in [0.2, 0.25) is 5.82 Å². The maximum Gasteiger partial charge on any atom is 0.417 e. The lowest BCUT2D eigenvalue weighted by atomic mass is 9.77. The summed E-state index contributed by atoms with van der Waals surface area (Å²) < 4.78 is 85.7. The summed E-state index contributed by atoms with van der Waals surface area (Å²) in [4.78, 5) is 17.4. The summed E-state index contributed by atoms with van der Waals surface area (Å²) in [6.07, 6.45) is -5.08. The van der Waals surface area contributed by atoms with Crippen LogP contribution in [-0.2, 0) is 20.8 Å². The Morgan fingerprint density at radius 1 is 1.22 bits per heavy atom. The van der Waals surface area contributed by atoms with Crippen molar-refractivity contribution < 1.29 is 41.0 Å². The fraction of sp³-hybridized carbons (Fsp3) is 0.500. The van der Waals surface area contributed by atoms with E-state index in [1.165, 1.54) is 19.2 Å². The molecule has 1 aliphatic heterocycles. The number of ether oxygens (including phenoxy) is 3. The van der Waals surface area contributed by atoms with Crippen LogP contribution in [0.4, 0.5) is 27.6 Å². The highest BCUT2D eigenvalue weighted by Gasteiger charge is 2.65. The fourth-order valence-electron chi connectivity index (χ4n) is 4.30. The number of nitrogens with zero attached hydrogens (tertiary/aromatic N) is 1. The van der Waals surface area contributed by atoms with E-state index in [0.717, 1.165) is 26.2 Å². The molecule has 1 aromatic carbocycles. The van der Waals surface area contributed by atoms with Crippen molar-refractivity contribution in [2.24, 2.45) is 5.92 Å². The summed E-state index contributed by atoms with van der Waals surface area (Å²) >= 11 is 0. The first-order valence-electron chi connectivity index (χ1n) is 11.2. The first-order valence-corrected chi connectivity index (χ1v) is 11.2. The molecule has 0 bridgehead atoms. The Balaban J connectivity index is 1.94. The molecule has 0 saturated carbocycles. The van der Waals surface area contributed by atoms with E-state index in [4.69, 9.17) is 14.2 Å². The Morgan fingerprint density at radius 3 is 2.58 bits per heavy atom. The minimum absolute atomic E-state index is 0.102. The molecular formula is C24H28F5N3O4. The molecule has 0 radical (unpaired) electrons. The van der Waals surface area contributed by atoms with E-state index in [1.807, 2.05) is 0 Å². The molecule has 2 N–H and O–H groups in total. The third kappa shape index (κ3) is 5.45. The van der Waals surface area contributed by atoms with E-state index >= 15 is 0 Å². The average Bonchev–Trinajstić information content (AvgIpc) is 3.10.